The van der Waals surface area contributed by atoms with E-state index >= 15 is 0 Å². The van der Waals surface area contributed by atoms with Crippen LogP contribution in [0.4, 0.5) is 0 Å². The van der Waals surface area contributed by atoms with Crippen molar-refractivity contribution in [2.75, 3.05) is 19.7 Å². The van der Waals surface area contributed by atoms with E-state index in [-0.39, 0.29) is 24.6 Å². The van der Waals surface area contributed by atoms with Crippen LogP contribution in [-0.2, 0) is 4.79 Å². The van der Waals surface area contributed by atoms with Crippen molar-refractivity contribution in [1.29, 1.82) is 0 Å². The van der Waals surface area contributed by atoms with E-state index in [1.165, 1.54) is 0 Å². The van der Waals surface area contributed by atoms with Crippen molar-refractivity contribution in [1.82, 2.24) is 9.91 Å². The Bertz CT molecular complexity index is 771. The highest BCUT2D eigenvalue weighted by Gasteiger charge is 2.36. The lowest BCUT2D eigenvalue weighted by Crippen LogP contribution is -2.46. The Kier molecular flexibility index (Phi) is 5.71. The highest BCUT2D eigenvalue weighted by atomic mass is 32.1. The number of carbonyl (C=O) groups excluding carboxylic acids is 1. The summed E-state index contributed by atoms with van der Waals surface area (Å²) in [4.78, 5) is 16.5. The van der Waals surface area contributed by atoms with Gasteiger partial charge in [0.1, 0.15) is 11.8 Å². The average Bonchev–Trinajstić information content (AvgIpc) is 3.43. The zero-order valence-electron chi connectivity index (χ0n) is 15.3. The van der Waals surface area contributed by atoms with Gasteiger partial charge in [-0.05, 0) is 49.4 Å². The Balaban J connectivity index is 1.53. The lowest BCUT2D eigenvalue weighted by atomic mass is 9.99. The van der Waals surface area contributed by atoms with Crippen molar-refractivity contribution >= 4 is 23.0 Å². The van der Waals surface area contributed by atoms with Gasteiger partial charge in [0.05, 0.1) is 23.4 Å². The number of aliphatic hydroxyl groups excluding tert-OH is 1. The van der Waals surface area contributed by atoms with Crippen LogP contribution in [0.1, 0.15) is 48.8 Å². The van der Waals surface area contributed by atoms with Crippen LogP contribution >= 0.6 is 11.3 Å². The smallest absolute Gasteiger partial charge is 0.257 e. The third-order valence-corrected chi connectivity index (χ3v) is 6.31. The predicted molar refractivity (Wildman–Crippen MR) is 105 cm³/mol. The fourth-order valence-corrected chi connectivity index (χ4v) is 4.75. The van der Waals surface area contributed by atoms with E-state index in [1.807, 2.05) is 29.6 Å². The molecule has 27 heavy (non-hydrogen) atoms. The van der Waals surface area contributed by atoms with E-state index in [2.05, 4.69) is 10.0 Å². The van der Waals surface area contributed by atoms with Crippen LogP contribution in [-0.4, -0.2) is 52.4 Å². The molecule has 1 fully saturated rings. The number of carbonyl (C=O) groups is 1. The summed E-state index contributed by atoms with van der Waals surface area (Å²) in [5, 5.41) is 17.6. The van der Waals surface area contributed by atoms with Crippen LogP contribution in [0.5, 0.6) is 0 Å². The Morgan fingerprint density at radius 3 is 3.00 bits per heavy atom. The van der Waals surface area contributed by atoms with E-state index in [0.717, 1.165) is 48.6 Å². The molecule has 1 amide bonds. The summed E-state index contributed by atoms with van der Waals surface area (Å²) in [7, 11) is 0. The molecule has 0 radical (unpaired) electrons. The zero-order valence-corrected chi connectivity index (χ0v) is 16.1. The SMILES string of the molecule is O=C(CN1CCCCC1CCO)N1N=C(c2cccs2)CC1c1ccco1. The average molecular weight is 388 g/mol. The first-order chi connectivity index (χ1) is 13.3. The van der Waals surface area contributed by atoms with Gasteiger partial charge in [-0.1, -0.05) is 12.5 Å². The number of rotatable bonds is 6. The van der Waals surface area contributed by atoms with Crippen LogP contribution in [0.3, 0.4) is 0 Å². The predicted octanol–water partition coefficient (Wildman–Crippen LogP) is 3.26. The van der Waals surface area contributed by atoms with Gasteiger partial charge in [0.15, 0.2) is 0 Å². The first kappa shape index (κ1) is 18.4. The molecule has 0 aliphatic carbocycles. The molecule has 2 atom stereocenters. The number of furan rings is 1. The first-order valence-electron chi connectivity index (χ1n) is 9.58. The summed E-state index contributed by atoms with van der Waals surface area (Å²) in [5.41, 5.74) is 0.935. The standard InChI is InChI=1S/C20H25N3O3S/c24-10-8-15-5-1-2-9-22(15)14-20(25)23-17(18-6-3-11-26-18)13-16(21-23)19-7-4-12-27-19/h3-4,6-7,11-12,15,17,24H,1-2,5,8-10,13-14H2. The number of nitrogens with zero attached hydrogens (tertiary/aromatic N) is 3. The lowest BCUT2D eigenvalue weighted by Gasteiger charge is -2.35. The largest absolute Gasteiger partial charge is 0.467 e. The quantitative estimate of drug-likeness (QED) is 0.826. The summed E-state index contributed by atoms with van der Waals surface area (Å²) < 4.78 is 5.60. The van der Waals surface area contributed by atoms with Gasteiger partial charge in [0.2, 0.25) is 0 Å². The van der Waals surface area contributed by atoms with Crippen molar-refractivity contribution in [2.45, 2.75) is 44.2 Å². The lowest BCUT2D eigenvalue weighted by molar-refractivity contribution is -0.135. The highest BCUT2D eigenvalue weighted by molar-refractivity contribution is 7.12. The molecule has 0 saturated carbocycles. The second kappa shape index (κ2) is 8.37. The van der Waals surface area contributed by atoms with Crippen LogP contribution in [0, 0.1) is 0 Å². The Labute approximate surface area is 163 Å². The summed E-state index contributed by atoms with van der Waals surface area (Å²) in [6.45, 7) is 1.40. The van der Waals surface area contributed by atoms with Gasteiger partial charge < -0.3 is 9.52 Å². The fourth-order valence-electron chi connectivity index (χ4n) is 4.02. The van der Waals surface area contributed by atoms with Gasteiger partial charge in [-0.3, -0.25) is 9.69 Å². The van der Waals surface area contributed by atoms with Crippen LogP contribution < -0.4 is 0 Å². The molecule has 2 aliphatic heterocycles. The number of hydrogen-bond donors (Lipinski definition) is 1. The summed E-state index contributed by atoms with van der Waals surface area (Å²) in [5.74, 6) is 0.761. The maximum Gasteiger partial charge on any atom is 0.257 e. The van der Waals surface area contributed by atoms with Crippen LogP contribution in [0.2, 0.25) is 0 Å². The third-order valence-electron chi connectivity index (χ3n) is 5.39. The van der Waals surface area contributed by atoms with E-state index < -0.39 is 0 Å². The van der Waals surface area contributed by atoms with Gasteiger partial charge in [-0.2, -0.15) is 5.10 Å². The summed E-state index contributed by atoms with van der Waals surface area (Å²) in [6.07, 6.45) is 6.33. The van der Waals surface area contributed by atoms with Crippen molar-refractivity contribution in [3.8, 4) is 0 Å². The second-order valence-corrected chi connectivity index (χ2v) is 8.08. The van der Waals surface area contributed by atoms with Crippen LogP contribution in [0.25, 0.3) is 0 Å². The minimum absolute atomic E-state index is 0.00667. The van der Waals surface area contributed by atoms with Crippen LogP contribution in [0.15, 0.2) is 45.4 Å². The number of likely N-dealkylation sites (tertiary alicyclic amines) is 1. The monoisotopic (exact) mass is 387 g/mol. The minimum atomic E-state index is -0.189. The number of aliphatic hydroxyl groups is 1. The van der Waals surface area contributed by atoms with Crippen molar-refractivity contribution < 1.29 is 14.3 Å². The number of thiophene rings is 1. The molecule has 1 N–H and O–H groups in total. The molecular formula is C20H25N3O3S. The molecule has 4 heterocycles. The van der Waals surface area contributed by atoms with Gasteiger partial charge in [-0.25, -0.2) is 5.01 Å². The molecule has 2 aliphatic rings. The van der Waals surface area contributed by atoms with Gasteiger partial charge in [0.25, 0.3) is 5.91 Å². The van der Waals surface area contributed by atoms with Gasteiger partial charge >= 0.3 is 0 Å². The molecule has 0 spiro atoms. The normalized spacial score (nSPS) is 23.6. The Morgan fingerprint density at radius 2 is 2.26 bits per heavy atom. The molecule has 6 nitrogen and oxygen atoms in total. The second-order valence-electron chi connectivity index (χ2n) is 7.13. The van der Waals surface area contributed by atoms with E-state index in [0.29, 0.717) is 13.0 Å². The zero-order chi connectivity index (χ0) is 18.6. The number of amides is 1. The number of hydrogen-bond acceptors (Lipinski definition) is 6. The van der Waals surface area contributed by atoms with E-state index in [1.54, 1.807) is 22.6 Å². The molecule has 2 aromatic rings. The maximum absolute atomic E-state index is 13.2. The van der Waals surface area contributed by atoms with Gasteiger partial charge in [0, 0.05) is 19.1 Å². The van der Waals surface area contributed by atoms with Crippen molar-refractivity contribution in [3.05, 3.63) is 46.5 Å². The van der Waals surface area contributed by atoms with Gasteiger partial charge in [-0.15, -0.1) is 11.3 Å². The van der Waals surface area contributed by atoms with E-state index in [4.69, 9.17) is 4.42 Å². The molecule has 0 bridgehead atoms. The third kappa shape index (κ3) is 4.00. The summed E-state index contributed by atoms with van der Waals surface area (Å²) in [6, 6.07) is 7.89. The molecule has 1 saturated heterocycles. The minimum Gasteiger partial charge on any atom is -0.467 e. The van der Waals surface area contributed by atoms with E-state index in [9.17, 15) is 9.90 Å². The molecule has 2 aromatic heterocycles. The summed E-state index contributed by atoms with van der Waals surface area (Å²) >= 11 is 1.64. The van der Waals surface area contributed by atoms with Crippen molar-refractivity contribution in [2.24, 2.45) is 5.10 Å². The fraction of sp³-hybridized carbons (Fsp3) is 0.500. The Morgan fingerprint density at radius 1 is 1.33 bits per heavy atom. The molecule has 2 unspecified atom stereocenters. The Hall–Kier alpha value is -1.96. The topological polar surface area (TPSA) is 69.3 Å². The first-order valence-corrected chi connectivity index (χ1v) is 10.5. The molecule has 0 aromatic carbocycles. The highest BCUT2D eigenvalue weighted by Crippen LogP contribution is 2.34. The molecular weight excluding hydrogens is 362 g/mol. The molecule has 144 valence electrons. The van der Waals surface area contributed by atoms with Crippen molar-refractivity contribution in [3.63, 3.8) is 0 Å². The number of hydrazone groups is 1. The molecule has 7 heteroatoms. The molecule has 4 rings (SSSR count). The number of piperidine rings is 1. The maximum atomic E-state index is 13.2.